The van der Waals surface area contributed by atoms with Gasteiger partial charge < -0.3 is 0 Å². The van der Waals surface area contributed by atoms with E-state index in [-0.39, 0.29) is 17.8 Å². The first-order valence-corrected chi connectivity index (χ1v) is 10.7. The van der Waals surface area contributed by atoms with E-state index in [0.717, 1.165) is 37.1 Å². The van der Waals surface area contributed by atoms with Crippen LogP contribution in [-0.4, -0.2) is 18.7 Å². The molecule has 0 unspecified atom stereocenters. The predicted molar refractivity (Wildman–Crippen MR) is 114 cm³/mol. The minimum Gasteiger partial charge on any atom is -0.297 e. The van der Waals surface area contributed by atoms with E-state index in [0.29, 0.717) is 23.6 Å². The lowest BCUT2D eigenvalue weighted by Gasteiger charge is -2.23. The van der Waals surface area contributed by atoms with Crippen LogP contribution in [0.5, 0.6) is 0 Å². The summed E-state index contributed by atoms with van der Waals surface area (Å²) in [5.41, 5.74) is 1.54. The van der Waals surface area contributed by atoms with Gasteiger partial charge in [-0.15, -0.1) is 0 Å². The highest BCUT2D eigenvalue weighted by Gasteiger charge is 2.24. The molecule has 2 aliphatic rings. The second-order valence-corrected chi connectivity index (χ2v) is 8.27. The molecule has 0 N–H and O–H groups in total. The average Bonchev–Trinajstić information content (AvgIpc) is 3.15. The van der Waals surface area contributed by atoms with E-state index in [9.17, 15) is 9.59 Å². The number of aryl methyl sites for hydroxylation is 1. The zero-order valence-corrected chi connectivity index (χ0v) is 16.6. The van der Waals surface area contributed by atoms with Crippen LogP contribution in [0, 0.1) is 5.92 Å². The van der Waals surface area contributed by atoms with Gasteiger partial charge in [0.05, 0.1) is 6.54 Å². The van der Waals surface area contributed by atoms with Crippen LogP contribution in [0.15, 0.2) is 46.0 Å². The molecule has 0 saturated heterocycles. The molecule has 0 amide bonds. The van der Waals surface area contributed by atoms with E-state index in [1.54, 1.807) is 4.57 Å². The van der Waals surface area contributed by atoms with Crippen molar-refractivity contribution in [3.63, 3.8) is 0 Å². The Bertz CT molecular complexity index is 1180. The SMILES string of the molecule is O=c1c2c(nc3n2C=CCC3)n(CC2CCCCC2)c(=O)n1Cc1ccccc1. The van der Waals surface area contributed by atoms with Crippen LogP contribution in [0.1, 0.15) is 49.9 Å². The Morgan fingerprint density at radius 3 is 2.59 bits per heavy atom. The molecule has 0 spiro atoms. The maximum Gasteiger partial charge on any atom is 0.333 e. The van der Waals surface area contributed by atoms with E-state index in [1.807, 2.05) is 41.1 Å². The van der Waals surface area contributed by atoms with Gasteiger partial charge in [0.2, 0.25) is 0 Å². The Kier molecular flexibility index (Phi) is 4.70. The van der Waals surface area contributed by atoms with Crippen LogP contribution in [0.4, 0.5) is 0 Å². The molecule has 0 bridgehead atoms. The van der Waals surface area contributed by atoms with Crippen molar-refractivity contribution in [2.45, 2.75) is 58.0 Å². The number of benzene rings is 1. The van der Waals surface area contributed by atoms with E-state index >= 15 is 0 Å². The Labute approximate surface area is 169 Å². The molecule has 2 aromatic heterocycles. The molecule has 0 atom stereocenters. The van der Waals surface area contributed by atoms with Crippen LogP contribution in [-0.2, 0) is 19.5 Å². The number of rotatable bonds is 4. The third-order valence-electron chi connectivity index (χ3n) is 6.27. The molecule has 5 rings (SSSR count). The van der Waals surface area contributed by atoms with Crippen molar-refractivity contribution in [2.75, 3.05) is 0 Å². The minimum atomic E-state index is -0.251. The standard InChI is InChI=1S/C23H26N4O2/c28-22-20-21(24-19-13-7-8-14-25(19)20)26(15-17-9-3-1-4-10-17)23(29)27(22)16-18-11-5-2-6-12-18/h2,5-6,8,11-12,14,17H,1,3-4,7,9-10,13,15-16H2. The third kappa shape index (κ3) is 3.26. The van der Waals surface area contributed by atoms with Crippen molar-refractivity contribution in [1.29, 1.82) is 0 Å². The van der Waals surface area contributed by atoms with Crippen molar-refractivity contribution in [3.05, 3.63) is 68.6 Å². The molecule has 6 heteroatoms. The van der Waals surface area contributed by atoms with Crippen molar-refractivity contribution in [3.8, 4) is 0 Å². The van der Waals surface area contributed by atoms with Gasteiger partial charge in [-0.3, -0.25) is 18.5 Å². The van der Waals surface area contributed by atoms with Crippen molar-refractivity contribution < 1.29 is 0 Å². The fourth-order valence-electron chi connectivity index (χ4n) is 4.73. The van der Waals surface area contributed by atoms with Crippen LogP contribution in [0.3, 0.4) is 0 Å². The van der Waals surface area contributed by atoms with Crippen LogP contribution < -0.4 is 11.2 Å². The molecule has 1 aliphatic heterocycles. The number of allylic oxidation sites excluding steroid dienone is 1. The smallest absolute Gasteiger partial charge is 0.297 e. The maximum absolute atomic E-state index is 13.5. The van der Waals surface area contributed by atoms with Crippen LogP contribution >= 0.6 is 0 Å². The predicted octanol–water partition coefficient (Wildman–Crippen LogP) is 3.41. The van der Waals surface area contributed by atoms with Gasteiger partial charge in [-0.2, -0.15) is 0 Å². The normalized spacial score (nSPS) is 17.0. The van der Waals surface area contributed by atoms with Gasteiger partial charge in [-0.05, 0) is 30.7 Å². The van der Waals surface area contributed by atoms with Gasteiger partial charge in [0.25, 0.3) is 5.56 Å². The fourth-order valence-corrected chi connectivity index (χ4v) is 4.73. The van der Waals surface area contributed by atoms with Crippen molar-refractivity contribution in [1.82, 2.24) is 18.7 Å². The van der Waals surface area contributed by atoms with Crippen LogP contribution in [0.25, 0.3) is 17.4 Å². The summed E-state index contributed by atoms with van der Waals surface area (Å²) in [6.45, 7) is 0.925. The molecule has 1 fully saturated rings. The Balaban J connectivity index is 1.70. The molecule has 150 valence electrons. The molecular formula is C23H26N4O2. The largest absolute Gasteiger partial charge is 0.333 e. The summed E-state index contributed by atoms with van der Waals surface area (Å²) in [5.74, 6) is 1.34. The number of hydrogen-bond donors (Lipinski definition) is 0. The Morgan fingerprint density at radius 1 is 1.00 bits per heavy atom. The molecule has 1 saturated carbocycles. The lowest BCUT2D eigenvalue weighted by atomic mass is 9.89. The van der Waals surface area contributed by atoms with Gasteiger partial charge in [0.15, 0.2) is 11.2 Å². The van der Waals surface area contributed by atoms with Crippen molar-refractivity contribution in [2.24, 2.45) is 5.92 Å². The number of fused-ring (bicyclic) bond motifs is 3. The molecule has 3 heterocycles. The highest BCUT2D eigenvalue weighted by Crippen LogP contribution is 2.26. The summed E-state index contributed by atoms with van der Waals surface area (Å²) in [6, 6.07) is 9.71. The average molecular weight is 390 g/mol. The van der Waals surface area contributed by atoms with Crippen LogP contribution in [0.2, 0.25) is 0 Å². The first-order valence-electron chi connectivity index (χ1n) is 10.7. The number of aromatic nitrogens is 4. The van der Waals surface area contributed by atoms with E-state index in [4.69, 9.17) is 4.98 Å². The van der Waals surface area contributed by atoms with E-state index in [2.05, 4.69) is 6.08 Å². The quantitative estimate of drug-likeness (QED) is 0.686. The second-order valence-electron chi connectivity index (χ2n) is 8.27. The van der Waals surface area contributed by atoms with Gasteiger partial charge in [-0.1, -0.05) is 55.7 Å². The number of hydrogen-bond acceptors (Lipinski definition) is 3. The van der Waals surface area contributed by atoms with E-state index in [1.165, 1.54) is 23.8 Å². The highest BCUT2D eigenvalue weighted by atomic mass is 16.2. The summed E-state index contributed by atoms with van der Waals surface area (Å²) in [6.07, 6.45) is 11.7. The highest BCUT2D eigenvalue weighted by molar-refractivity contribution is 5.74. The second kappa shape index (κ2) is 7.50. The Hall–Kier alpha value is -2.89. The summed E-state index contributed by atoms with van der Waals surface area (Å²) in [7, 11) is 0. The van der Waals surface area contributed by atoms with Gasteiger partial charge in [0, 0.05) is 19.2 Å². The fraction of sp³-hybridized carbons (Fsp3) is 0.435. The topological polar surface area (TPSA) is 61.8 Å². The molecule has 0 radical (unpaired) electrons. The first-order chi connectivity index (χ1) is 14.2. The summed E-state index contributed by atoms with van der Waals surface area (Å²) in [5, 5.41) is 0. The van der Waals surface area contributed by atoms with E-state index < -0.39 is 0 Å². The summed E-state index contributed by atoms with van der Waals surface area (Å²) in [4.78, 5) is 31.6. The molecule has 3 aromatic rings. The zero-order chi connectivity index (χ0) is 19.8. The lowest BCUT2D eigenvalue weighted by Crippen LogP contribution is -2.41. The molecule has 6 nitrogen and oxygen atoms in total. The van der Waals surface area contributed by atoms with Gasteiger partial charge in [0.1, 0.15) is 5.82 Å². The molecule has 1 aliphatic carbocycles. The monoisotopic (exact) mass is 390 g/mol. The van der Waals surface area contributed by atoms with Gasteiger partial charge >= 0.3 is 5.69 Å². The van der Waals surface area contributed by atoms with Gasteiger partial charge in [-0.25, -0.2) is 9.78 Å². The van der Waals surface area contributed by atoms with Crippen molar-refractivity contribution >= 4 is 17.4 Å². The molecule has 29 heavy (non-hydrogen) atoms. The third-order valence-corrected chi connectivity index (χ3v) is 6.27. The summed E-state index contributed by atoms with van der Waals surface area (Å²) < 4.78 is 5.05. The number of nitrogens with zero attached hydrogens (tertiary/aromatic N) is 4. The molecular weight excluding hydrogens is 364 g/mol. The zero-order valence-electron chi connectivity index (χ0n) is 16.6. The number of imidazole rings is 1. The first kappa shape index (κ1) is 18.2. The Morgan fingerprint density at radius 2 is 1.79 bits per heavy atom. The maximum atomic E-state index is 13.5. The lowest BCUT2D eigenvalue weighted by molar-refractivity contribution is 0.315. The molecule has 1 aromatic carbocycles. The minimum absolute atomic E-state index is 0.239. The summed E-state index contributed by atoms with van der Waals surface area (Å²) >= 11 is 0.